The normalized spacial score (nSPS) is 14.3. The van der Waals surface area contributed by atoms with Crippen LogP contribution >= 0.6 is 0 Å². The van der Waals surface area contributed by atoms with Crippen LogP contribution in [0.3, 0.4) is 0 Å². The first-order valence-corrected chi connectivity index (χ1v) is 12.8. The maximum atomic E-state index is 13.0. The van der Waals surface area contributed by atoms with Crippen LogP contribution in [0.2, 0.25) is 0 Å². The first-order valence-electron chi connectivity index (χ1n) is 12.8. The Morgan fingerprint density at radius 2 is 1.87 bits per heavy atom. The molecule has 1 aliphatic rings. The van der Waals surface area contributed by atoms with Crippen molar-refractivity contribution in [2.24, 2.45) is 0 Å². The monoisotopic (exact) mass is 518 g/mol. The van der Waals surface area contributed by atoms with Crippen molar-refractivity contribution in [2.75, 3.05) is 25.5 Å². The van der Waals surface area contributed by atoms with Crippen LogP contribution in [-0.4, -0.2) is 48.1 Å². The molecule has 38 heavy (non-hydrogen) atoms. The molecule has 0 bridgehead atoms. The number of likely N-dealkylation sites (tertiary alicyclic amines) is 1. The summed E-state index contributed by atoms with van der Waals surface area (Å²) in [5.74, 6) is -0.724. The van der Waals surface area contributed by atoms with Gasteiger partial charge >= 0.3 is 11.6 Å². The van der Waals surface area contributed by atoms with Gasteiger partial charge in [0.15, 0.2) is 0 Å². The molecule has 1 aliphatic heterocycles. The summed E-state index contributed by atoms with van der Waals surface area (Å²) in [4.78, 5) is 39.4. The number of allylic oxidation sites excluding steroid dienone is 2. The SMILES string of the molecule is CC(C)=CCc1cc(C(=O)Nc2cc3ccc(OC4CCN(C)CC4)c(C)c3oc2=O)ccc1CC(=O)O. The van der Waals surface area contributed by atoms with Gasteiger partial charge in [0.1, 0.15) is 23.1 Å². The Morgan fingerprint density at radius 3 is 2.55 bits per heavy atom. The zero-order valence-corrected chi connectivity index (χ0v) is 22.3. The molecule has 2 aromatic carbocycles. The second kappa shape index (κ2) is 11.6. The molecule has 0 spiro atoms. The minimum absolute atomic E-state index is 0.0337. The van der Waals surface area contributed by atoms with E-state index in [4.69, 9.17) is 9.15 Å². The number of hydrogen-bond donors (Lipinski definition) is 2. The number of rotatable bonds is 8. The van der Waals surface area contributed by atoms with Gasteiger partial charge in [-0.25, -0.2) is 4.79 Å². The summed E-state index contributed by atoms with van der Waals surface area (Å²) in [5.41, 5.74) is 3.36. The van der Waals surface area contributed by atoms with Crippen LogP contribution in [-0.2, 0) is 17.6 Å². The molecule has 200 valence electrons. The molecule has 3 aromatic rings. The fraction of sp³-hybridized carbons (Fsp3) is 0.367. The molecule has 0 saturated carbocycles. The van der Waals surface area contributed by atoms with Crippen LogP contribution in [0.5, 0.6) is 5.75 Å². The average Bonchev–Trinajstić information content (AvgIpc) is 2.87. The number of hydrogen-bond acceptors (Lipinski definition) is 6. The van der Waals surface area contributed by atoms with Gasteiger partial charge < -0.3 is 24.5 Å². The second-order valence-electron chi connectivity index (χ2n) is 10.2. The van der Waals surface area contributed by atoms with Gasteiger partial charge in [-0.15, -0.1) is 0 Å². The maximum absolute atomic E-state index is 13.0. The Hall–Kier alpha value is -3.91. The smallest absolute Gasteiger partial charge is 0.360 e. The van der Waals surface area contributed by atoms with Gasteiger partial charge in [-0.05, 0) is 88.5 Å². The zero-order chi connectivity index (χ0) is 27.4. The molecule has 0 radical (unpaired) electrons. The van der Waals surface area contributed by atoms with Crippen LogP contribution in [0.4, 0.5) is 5.69 Å². The third kappa shape index (κ3) is 6.50. The van der Waals surface area contributed by atoms with E-state index in [1.165, 1.54) is 0 Å². The zero-order valence-electron chi connectivity index (χ0n) is 22.3. The predicted octanol–water partition coefficient (Wildman–Crippen LogP) is 4.96. The second-order valence-corrected chi connectivity index (χ2v) is 10.2. The highest BCUT2D eigenvalue weighted by molar-refractivity contribution is 6.05. The molecule has 2 heterocycles. The fourth-order valence-corrected chi connectivity index (χ4v) is 4.60. The van der Waals surface area contributed by atoms with Crippen molar-refractivity contribution in [2.45, 2.75) is 52.6 Å². The van der Waals surface area contributed by atoms with Crippen molar-refractivity contribution < 1.29 is 23.8 Å². The van der Waals surface area contributed by atoms with Crippen LogP contribution in [0.25, 0.3) is 11.0 Å². The number of nitrogens with one attached hydrogen (secondary N) is 1. The van der Waals surface area contributed by atoms with Crippen LogP contribution in [0.1, 0.15) is 53.7 Å². The maximum Gasteiger partial charge on any atom is 0.360 e. The molecule has 0 atom stereocenters. The van der Waals surface area contributed by atoms with E-state index in [9.17, 15) is 19.5 Å². The van der Waals surface area contributed by atoms with E-state index in [0.29, 0.717) is 34.3 Å². The summed E-state index contributed by atoms with van der Waals surface area (Å²) in [6.07, 6.45) is 4.35. The molecule has 1 amide bonds. The van der Waals surface area contributed by atoms with Crippen molar-refractivity contribution >= 4 is 28.5 Å². The summed E-state index contributed by atoms with van der Waals surface area (Å²) in [6, 6.07) is 10.2. The number of piperidine rings is 1. The molecular weight excluding hydrogens is 484 g/mol. The lowest BCUT2D eigenvalue weighted by atomic mass is 9.98. The van der Waals surface area contributed by atoms with E-state index in [1.54, 1.807) is 24.3 Å². The number of aryl methyl sites for hydroxylation is 1. The van der Waals surface area contributed by atoms with Gasteiger partial charge in [-0.3, -0.25) is 9.59 Å². The number of amides is 1. The lowest BCUT2D eigenvalue weighted by Crippen LogP contribution is -2.35. The molecule has 8 heteroatoms. The molecule has 0 unspecified atom stereocenters. The third-order valence-corrected chi connectivity index (χ3v) is 6.85. The van der Waals surface area contributed by atoms with Gasteiger partial charge in [0, 0.05) is 29.6 Å². The number of carboxylic acids is 1. The van der Waals surface area contributed by atoms with Gasteiger partial charge in [0.25, 0.3) is 5.91 Å². The van der Waals surface area contributed by atoms with Crippen molar-refractivity contribution in [3.63, 3.8) is 0 Å². The van der Waals surface area contributed by atoms with E-state index < -0.39 is 17.5 Å². The molecule has 1 saturated heterocycles. The first kappa shape index (κ1) is 27.1. The van der Waals surface area contributed by atoms with E-state index in [2.05, 4.69) is 17.3 Å². The topological polar surface area (TPSA) is 109 Å². The standard InChI is InChI=1S/C30H34N2O6/c1-18(2)5-6-20-15-23(8-7-21(20)17-27(33)34)29(35)31-25-16-22-9-10-26(19(3)28(22)38-30(25)36)37-24-11-13-32(4)14-12-24/h5,7-10,15-16,24H,6,11-14,17H2,1-4H3,(H,31,35)(H,33,34). The number of ether oxygens (including phenoxy) is 1. The minimum atomic E-state index is -0.940. The first-order chi connectivity index (χ1) is 18.1. The summed E-state index contributed by atoms with van der Waals surface area (Å²) in [7, 11) is 2.10. The lowest BCUT2D eigenvalue weighted by Gasteiger charge is -2.29. The minimum Gasteiger partial charge on any atom is -0.490 e. The highest BCUT2D eigenvalue weighted by Gasteiger charge is 2.20. The van der Waals surface area contributed by atoms with Gasteiger partial charge in [-0.1, -0.05) is 17.7 Å². The number of nitrogens with zero attached hydrogens (tertiary/aromatic N) is 1. The van der Waals surface area contributed by atoms with Crippen LogP contribution in [0.15, 0.2) is 57.3 Å². The molecule has 1 fully saturated rings. The molecule has 0 aliphatic carbocycles. The summed E-state index contributed by atoms with van der Waals surface area (Å²) >= 11 is 0. The fourth-order valence-electron chi connectivity index (χ4n) is 4.60. The van der Waals surface area contributed by atoms with E-state index in [1.807, 2.05) is 39.0 Å². The molecule has 4 rings (SSSR count). The Bertz CT molecular complexity index is 1440. The number of fused-ring (bicyclic) bond motifs is 1. The van der Waals surface area contributed by atoms with Crippen molar-refractivity contribution in [1.29, 1.82) is 0 Å². The highest BCUT2D eigenvalue weighted by atomic mass is 16.5. The van der Waals surface area contributed by atoms with E-state index in [-0.39, 0.29) is 18.2 Å². The van der Waals surface area contributed by atoms with E-state index >= 15 is 0 Å². The number of aliphatic carboxylic acids is 1. The van der Waals surface area contributed by atoms with Crippen molar-refractivity contribution in [3.05, 3.63) is 80.7 Å². The molecule has 8 nitrogen and oxygen atoms in total. The van der Waals surface area contributed by atoms with Crippen molar-refractivity contribution in [3.8, 4) is 5.75 Å². The highest BCUT2D eigenvalue weighted by Crippen LogP contribution is 2.30. The van der Waals surface area contributed by atoms with Crippen molar-refractivity contribution in [1.82, 2.24) is 4.90 Å². The largest absolute Gasteiger partial charge is 0.490 e. The number of carboxylic acid groups (broad SMARTS) is 1. The quantitative estimate of drug-likeness (QED) is 0.320. The number of benzene rings is 2. The average molecular weight is 519 g/mol. The number of carbonyl (C=O) groups is 2. The third-order valence-electron chi connectivity index (χ3n) is 6.85. The van der Waals surface area contributed by atoms with E-state index in [0.717, 1.165) is 42.6 Å². The predicted molar refractivity (Wildman–Crippen MR) is 147 cm³/mol. The lowest BCUT2D eigenvalue weighted by molar-refractivity contribution is -0.136. The Morgan fingerprint density at radius 1 is 1.13 bits per heavy atom. The van der Waals surface area contributed by atoms with Crippen LogP contribution in [0, 0.1) is 6.92 Å². The Kier molecular flexibility index (Phi) is 8.32. The Balaban J connectivity index is 1.56. The molecule has 2 N–H and O–H groups in total. The van der Waals surface area contributed by atoms with Gasteiger partial charge in [-0.2, -0.15) is 0 Å². The van der Waals surface area contributed by atoms with Gasteiger partial charge in [0.2, 0.25) is 0 Å². The summed E-state index contributed by atoms with van der Waals surface area (Å²) < 4.78 is 11.8. The van der Waals surface area contributed by atoms with Crippen LogP contribution < -0.4 is 15.7 Å². The summed E-state index contributed by atoms with van der Waals surface area (Å²) in [6.45, 7) is 7.73. The van der Waals surface area contributed by atoms with Gasteiger partial charge in [0.05, 0.1) is 6.42 Å². The summed E-state index contributed by atoms with van der Waals surface area (Å²) in [5, 5.41) is 12.6. The molecule has 1 aromatic heterocycles. The Labute approximate surface area is 221 Å². The number of carbonyl (C=O) groups excluding carboxylic acids is 1. The molecular formula is C30H34N2O6. The number of anilines is 1.